The lowest BCUT2D eigenvalue weighted by Gasteiger charge is -2.16. The molecule has 1 unspecified atom stereocenters. The fraction of sp³-hybridized carbons (Fsp3) is 0.455. The molecule has 0 amide bonds. The molecule has 5 heteroatoms. The number of hydrogen-bond acceptors (Lipinski definition) is 3. The average Bonchev–Trinajstić information content (AvgIpc) is 2.30. The highest BCUT2D eigenvalue weighted by molar-refractivity contribution is 6.42. The van der Waals surface area contributed by atoms with E-state index >= 15 is 0 Å². The van der Waals surface area contributed by atoms with Crippen molar-refractivity contribution in [2.45, 2.75) is 19.4 Å². The zero-order chi connectivity index (χ0) is 12.0. The van der Waals surface area contributed by atoms with Crippen molar-refractivity contribution in [1.29, 1.82) is 0 Å². The summed E-state index contributed by atoms with van der Waals surface area (Å²) in [6.45, 7) is 3.16. The smallest absolute Gasteiger partial charge is 0.0636 e. The first kappa shape index (κ1) is 13.7. The van der Waals surface area contributed by atoms with Crippen LogP contribution in [0.5, 0.6) is 0 Å². The van der Waals surface area contributed by atoms with Crippen LogP contribution in [0.2, 0.25) is 10.0 Å². The number of benzene rings is 1. The summed E-state index contributed by atoms with van der Waals surface area (Å²) in [6.07, 6.45) is 0.690. The van der Waals surface area contributed by atoms with Gasteiger partial charge in [-0.25, -0.2) is 0 Å². The van der Waals surface area contributed by atoms with Crippen LogP contribution < -0.4 is 11.3 Å². The minimum atomic E-state index is 0.0379. The van der Waals surface area contributed by atoms with E-state index in [1.807, 2.05) is 19.1 Å². The van der Waals surface area contributed by atoms with Gasteiger partial charge in [-0.05, 0) is 25.0 Å². The molecule has 0 bridgehead atoms. The highest BCUT2D eigenvalue weighted by Gasteiger charge is 2.11. The molecular formula is C11H16Cl2N2O. The Labute approximate surface area is 106 Å². The summed E-state index contributed by atoms with van der Waals surface area (Å²) in [5.41, 5.74) is 3.67. The molecule has 0 saturated carbocycles. The molecular weight excluding hydrogens is 247 g/mol. The molecule has 16 heavy (non-hydrogen) atoms. The number of ether oxygens (including phenoxy) is 1. The van der Waals surface area contributed by atoms with Gasteiger partial charge in [0.15, 0.2) is 0 Å². The maximum Gasteiger partial charge on any atom is 0.0636 e. The molecule has 0 heterocycles. The second-order valence-electron chi connectivity index (χ2n) is 3.44. The van der Waals surface area contributed by atoms with Crippen molar-refractivity contribution < 1.29 is 4.74 Å². The highest BCUT2D eigenvalue weighted by Crippen LogP contribution is 2.26. The van der Waals surface area contributed by atoms with Crippen molar-refractivity contribution in [1.82, 2.24) is 5.43 Å². The molecule has 3 N–H and O–H groups in total. The minimum absolute atomic E-state index is 0.0379. The van der Waals surface area contributed by atoms with E-state index in [1.54, 1.807) is 6.07 Å². The maximum absolute atomic E-state index is 6.09. The molecule has 90 valence electrons. The van der Waals surface area contributed by atoms with E-state index < -0.39 is 0 Å². The van der Waals surface area contributed by atoms with Gasteiger partial charge in [-0.3, -0.25) is 11.3 Å². The maximum atomic E-state index is 6.09. The van der Waals surface area contributed by atoms with Crippen molar-refractivity contribution in [3.63, 3.8) is 0 Å². The van der Waals surface area contributed by atoms with Gasteiger partial charge in [0.2, 0.25) is 0 Å². The van der Waals surface area contributed by atoms with Crippen LogP contribution in [0.25, 0.3) is 0 Å². The van der Waals surface area contributed by atoms with Gasteiger partial charge in [-0.2, -0.15) is 0 Å². The molecule has 0 spiro atoms. The first-order chi connectivity index (χ1) is 7.69. The number of rotatable bonds is 6. The van der Waals surface area contributed by atoms with Crippen molar-refractivity contribution in [2.24, 2.45) is 5.84 Å². The summed E-state index contributed by atoms with van der Waals surface area (Å²) in [7, 11) is 0. The lowest BCUT2D eigenvalue weighted by atomic mass is 10.1. The van der Waals surface area contributed by atoms with Gasteiger partial charge < -0.3 is 4.74 Å². The molecule has 1 atom stereocenters. The monoisotopic (exact) mass is 262 g/mol. The quantitative estimate of drug-likeness (QED) is 0.612. The zero-order valence-electron chi connectivity index (χ0n) is 9.17. The lowest BCUT2D eigenvalue weighted by Crippen LogP contribution is -2.40. The fourth-order valence-electron chi connectivity index (χ4n) is 1.40. The summed E-state index contributed by atoms with van der Waals surface area (Å²) < 4.78 is 5.31. The van der Waals surface area contributed by atoms with Gasteiger partial charge in [-0.1, -0.05) is 35.3 Å². The van der Waals surface area contributed by atoms with Crippen LogP contribution in [0.15, 0.2) is 18.2 Å². The molecule has 1 aromatic rings. The van der Waals surface area contributed by atoms with E-state index in [-0.39, 0.29) is 6.04 Å². The van der Waals surface area contributed by atoms with Crippen LogP contribution in [-0.4, -0.2) is 19.3 Å². The Balaban J connectivity index is 2.66. The van der Waals surface area contributed by atoms with Crippen LogP contribution in [-0.2, 0) is 11.2 Å². The Morgan fingerprint density at radius 3 is 2.81 bits per heavy atom. The Morgan fingerprint density at radius 1 is 1.44 bits per heavy atom. The predicted octanol–water partition coefficient (Wildman–Crippen LogP) is 2.40. The standard InChI is InChI=1S/C11H16Cl2N2O/c1-2-16-7-9(15-14)6-8-4-3-5-10(12)11(8)13/h3-5,9,15H,2,6-7,14H2,1H3. The summed E-state index contributed by atoms with van der Waals surface area (Å²) in [4.78, 5) is 0. The van der Waals surface area contributed by atoms with E-state index in [0.717, 1.165) is 5.56 Å². The highest BCUT2D eigenvalue weighted by atomic mass is 35.5. The largest absolute Gasteiger partial charge is 0.380 e. The summed E-state index contributed by atoms with van der Waals surface area (Å²) in [5.74, 6) is 5.44. The van der Waals surface area contributed by atoms with Gasteiger partial charge in [0.05, 0.1) is 16.7 Å². The van der Waals surface area contributed by atoms with Crippen molar-refractivity contribution in [2.75, 3.05) is 13.2 Å². The Bertz CT molecular complexity index is 334. The van der Waals surface area contributed by atoms with E-state index in [4.69, 9.17) is 33.8 Å². The number of nitrogens with two attached hydrogens (primary N) is 1. The molecule has 1 aromatic carbocycles. The van der Waals surface area contributed by atoms with Gasteiger partial charge in [0.25, 0.3) is 0 Å². The SMILES string of the molecule is CCOCC(Cc1cccc(Cl)c1Cl)NN. The summed E-state index contributed by atoms with van der Waals surface area (Å²) >= 11 is 12.0. The normalized spacial score (nSPS) is 12.8. The van der Waals surface area contributed by atoms with E-state index in [2.05, 4.69) is 5.43 Å². The number of hydrazine groups is 1. The van der Waals surface area contributed by atoms with Crippen LogP contribution in [0, 0.1) is 0 Å². The van der Waals surface area contributed by atoms with E-state index in [1.165, 1.54) is 0 Å². The summed E-state index contributed by atoms with van der Waals surface area (Å²) in [6, 6.07) is 5.61. The minimum Gasteiger partial charge on any atom is -0.380 e. The third-order valence-electron chi connectivity index (χ3n) is 2.26. The molecule has 0 aliphatic heterocycles. The van der Waals surface area contributed by atoms with Gasteiger partial charge in [0, 0.05) is 12.6 Å². The first-order valence-corrected chi connectivity index (χ1v) is 5.91. The second kappa shape index (κ2) is 7.09. The molecule has 0 radical (unpaired) electrons. The third-order valence-corrected chi connectivity index (χ3v) is 3.11. The van der Waals surface area contributed by atoms with Crippen LogP contribution >= 0.6 is 23.2 Å². The van der Waals surface area contributed by atoms with E-state index in [9.17, 15) is 0 Å². The lowest BCUT2D eigenvalue weighted by molar-refractivity contribution is 0.123. The van der Waals surface area contributed by atoms with Gasteiger partial charge in [0.1, 0.15) is 0 Å². The molecule has 0 aromatic heterocycles. The summed E-state index contributed by atoms with van der Waals surface area (Å²) in [5, 5.41) is 1.15. The van der Waals surface area contributed by atoms with Gasteiger partial charge >= 0.3 is 0 Å². The molecule has 3 nitrogen and oxygen atoms in total. The van der Waals surface area contributed by atoms with Crippen molar-refractivity contribution >= 4 is 23.2 Å². The molecule has 0 fully saturated rings. The zero-order valence-corrected chi connectivity index (χ0v) is 10.7. The fourth-order valence-corrected chi connectivity index (χ4v) is 1.79. The first-order valence-electron chi connectivity index (χ1n) is 5.15. The van der Waals surface area contributed by atoms with Crippen LogP contribution in [0.3, 0.4) is 0 Å². The van der Waals surface area contributed by atoms with Crippen molar-refractivity contribution in [3.8, 4) is 0 Å². The predicted molar refractivity (Wildman–Crippen MR) is 67.8 cm³/mol. The molecule has 1 rings (SSSR count). The van der Waals surface area contributed by atoms with Gasteiger partial charge in [-0.15, -0.1) is 0 Å². The van der Waals surface area contributed by atoms with Crippen LogP contribution in [0.1, 0.15) is 12.5 Å². The average molecular weight is 263 g/mol. The molecule has 0 aliphatic rings. The topological polar surface area (TPSA) is 47.3 Å². The molecule has 0 saturated heterocycles. The Hall–Kier alpha value is -0.320. The van der Waals surface area contributed by atoms with Crippen molar-refractivity contribution in [3.05, 3.63) is 33.8 Å². The molecule has 0 aliphatic carbocycles. The number of hydrogen-bond donors (Lipinski definition) is 2. The second-order valence-corrected chi connectivity index (χ2v) is 4.23. The third kappa shape index (κ3) is 3.92. The number of halogens is 2. The number of nitrogens with one attached hydrogen (secondary N) is 1. The Morgan fingerprint density at radius 2 is 2.19 bits per heavy atom. The Kier molecular flexibility index (Phi) is 6.09. The van der Waals surface area contributed by atoms with E-state index in [0.29, 0.717) is 29.7 Å². The van der Waals surface area contributed by atoms with Crippen LogP contribution in [0.4, 0.5) is 0 Å².